The second-order valence-corrected chi connectivity index (χ2v) is 6.98. The van der Waals surface area contributed by atoms with Crippen molar-refractivity contribution in [3.63, 3.8) is 0 Å². The van der Waals surface area contributed by atoms with Gasteiger partial charge >= 0.3 is 0 Å². The second-order valence-electron chi connectivity index (χ2n) is 6.98. The summed E-state index contributed by atoms with van der Waals surface area (Å²) in [7, 11) is 0. The summed E-state index contributed by atoms with van der Waals surface area (Å²) in [5, 5.41) is 10.6. The Morgan fingerprint density at radius 2 is 1.86 bits per heavy atom. The van der Waals surface area contributed by atoms with E-state index in [0.717, 1.165) is 44.1 Å². The summed E-state index contributed by atoms with van der Waals surface area (Å²) in [5.41, 5.74) is 2.47. The highest BCUT2D eigenvalue weighted by Crippen LogP contribution is 2.34. The Morgan fingerprint density at radius 1 is 1.14 bits per heavy atom. The molecule has 3 rings (SSSR count). The van der Waals surface area contributed by atoms with Crippen LogP contribution in [0.25, 0.3) is 0 Å². The highest BCUT2D eigenvalue weighted by atomic mass is 16.3. The first-order valence-electron chi connectivity index (χ1n) is 8.37. The lowest BCUT2D eigenvalue weighted by atomic mass is 10.1. The molecule has 0 bridgehead atoms. The quantitative estimate of drug-likeness (QED) is 0.921. The summed E-state index contributed by atoms with van der Waals surface area (Å²) in [6.07, 6.45) is 1.99. The Bertz CT molecular complexity index is 466. The molecule has 1 aliphatic heterocycles. The van der Waals surface area contributed by atoms with Gasteiger partial charge in [0.2, 0.25) is 0 Å². The number of piperazine rings is 1. The van der Waals surface area contributed by atoms with Gasteiger partial charge in [0.25, 0.3) is 0 Å². The lowest BCUT2D eigenvalue weighted by Crippen LogP contribution is -2.51. The van der Waals surface area contributed by atoms with E-state index in [0.29, 0.717) is 0 Å². The van der Waals surface area contributed by atoms with Crippen molar-refractivity contribution in [2.75, 3.05) is 32.7 Å². The van der Waals surface area contributed by atoms with Gasteiger partial charge in [-0.3, -0.25) is 4.90 Å². The molecule has 0 spiro atoms. The molecule has 1 N–H and O–H groups in total. The maximum absolute atomic E-state index is 10.6. The molecule has 1 aromatic rings. The Balaban J connectivity index is 1.54. The summed E-state index contributed by atoms with van der Waals surface area (Å²) in [4.78, 5) is 5.07. The van der Waals surface area contributed by atoms with E-state index in [1.807, 2.05) is 6.07 Å². The predicted octanol–water partition coefficient (Wildman–Crippen LogP) is 2.31. The van der Waals surface area contributed by atoms with Crippen LogP contribution in [0.4, 0.5) is 0 Å². The molecule has 2 aliphatic rings. The van der Waals surface area contributed by atoms with Gasteiger partial charge in [0.1, 0.15) is 0 Å². The molecule has 1 aliphatic carbocycles. The van der Waals surface area contributed by atoms with Crippen molar-refractivity contribution in [3.8, 4) is 0 Å². The van der Waals surface area contributed by atoms with Gasteiger partial charge in [-0.2, -0.15) is 0 Å². The molecule has 116 valence electrons. The number of benzene rings is 1. The molecule has 0 saturated carbocycles. The van der Waals surface area contributed by atoms with Crippen LogP contribution in [0.1, 0.15) is 37.5 Å². The molecule has 0 amide bonds. The van der Waals surface area contributed by atoms with Crippen LogP contribution in [-0.2, 0) is 6.42 Å². The normalized spacial score (nSPS) is 27.2. The van der Waals surface area contributed by atoms with Crippen LogP contribution in [0.15, 0.2) is 24.3 Å². The summed E-state index contributed by atoms with van der Waals surface area (Å²) < 4.78 is 0. The number of rotatable bonds is 4. The fraction of sp³-hybridized carbons (Fsp3) is 0.667. The average molecular weight is 288 g/mol. The number of hydrogen-bond donors (Lipinski definition) is 1. The van der Waals surface area contributed by atoms with Crippen LogP contribution < -0.4 is 0 Å². The summed E-state index contributed by atoms with van der Waals surface area (Å²) in [5.74, 6) is 0.786. The summed E-state index contributed by atoms with van der Waals surface area (Å²) in [6, 6.07) is 8.65. The topological polar surface area (TPSA) is 26.7 Å². The third-order valence-electron chi connectivity index (χ3n) is 5.07. The zero-order valence-corrected chi connectivity index (χ0v) is 13.3. The molecule has 21 heavy (non-hydrogen) atoms. The van der Waals surface area contributed by atoms with Gasteiger partial charge in [0, 0.05) is 32.2 Å². The van der Waals surface area contributed by atoms with Crippen LogP contribution in [0.2, 0.25) is 0 Å². The van der Waals surface area contributed by atoms with E-state index in [1.54, 1.807) is 0 Å². The van der Waals surface area contributed by atoms with E-state index in [1.165, 1.54) is 18.5 Å². The predicted molar refractivity (Wildman–Crippen MR) is 86.4 cm³/mol. The number of hydrogen-bond acceptors (Lipinski definition) is 3. The highest BCUT2D eigenvalue weighted by Gasteiger charge is 2.35. The van der Waals surface area contributed by atoms with Gasteiger partial charge in [-0.1, -0.05) is 38.1 Å². The summed E-state index contributed by atoms with van der Waals surface area (Å²) in [6.45, 7) is 10.3. The van der Waals surface area contributed by atoms with Gasteiger partial charge < -0.3 is 10.0 Å². The maximum atomic E-state index is 10.6. The molecular weight excluding hydrogens is 260 g/mol. The molecule has 1 fully saturated rings. The third-order valence-corrected chi connectivity index (χ3v) is 5.07. The standard InChI is InChI=1S/C18H28N2O/c1-14(2)7-8-19-9-11-20(12-10-19)17-13-15-5-3-4-6-16(15)18(17)21/h3-6,14,17-18,21H,7-13H2,1-2H3. The van der Waals surface area contributed by atoms with E-state index < -0.39 is 0 Å². The van der Waals surface area contributed by atoms with Crippen LogP contribution in [-0.4, -0.2) is 53.7 Å². The molecule has 1 aromatic carbocycles. The molecule has 0 aromatic heterocycles. The van der Waals surface area contributed by atoms with Crippen molar-refractivity contribution in [1.82, 2.24) is 9.80 Å². The van der Waals surface area contributed by atoms with E-state index in [-0.39, 0.29) is 12.1 Å². The van der Waals surface area contributed by atoms with Crippen LogP contribution in [0.3, 0.4) is 0 Å². The molecule has 0 radical (unpaired) electrons. The third kappa shape index (κ3) is 3.31. The van der Waals surface area contributed by atoms with Crippen LogP contribution >= 0.6 is 0 Å². The fourth-order valence-corrected chi connectivity index (χ4v) is 3.64. The highest BCUT2D eigenvalue weighted by molar-refractivity contribution is 5.35. The minimum absolute atomic E-state index is 0.287. The first kappa shape index (κ1) is 15.0. The zero-order valence-electron chi connectivity index (χ0n) is 13.3. The Morgan fingerprint density at radius 3 is 2.52 bits per heavy atom. The molecular formula is C18H28N2O. The Hall–Kier alpha value is -0.900. The lowest BCUT2D eigenvalue weighted by molar-refractivity contribution is 0.0267. The van der Waals surface area contributed by atoms with E-state index >= 15 is 0 Å². The number of nitrogens with zero attached hydrogens (tertiary/aromatic N) is 2. The van der Waals surface area contributed by atoms with Crippen molar-refractivity contribution in [2.45, 2.75) is 38.8 Å². The molecule has 3 nitrogen and oxygen atoms in total. The van der Waals surface area contributed by atoms with Crippen LogP contribution in [0.5, 0.6) is 0 Å². The zero-order chi connectivity index (χ0) is 14.8. The molecule has 2 unspecified atom stereocenters. The smallest absolute Gasteiger partial charge is 0.0951 e. The van der Waals surface area contributed by atoms with Crippen molar-refractivity contribution in [2.24, 2.45) is 5.92 Å². The first-order valence-corrected chi connectivity index (χ1v) is 8.37. The van der Waals surface area contributed by atoms with E-state index in [2.05, 4.69) is 41.8 Å². The minimum Gasteiger partial charge on any atom is -0.387 e. The van der Waals surface area contributed by atoms with Crippen molar-refractivity contribution < 1.29 is 5.11 Å². The SMILES string of the molecule is CC(C)CCN1CCN(C2Cc3ccccc3C2O)CC1. The first-order chi connectivity index (χ1) is 10.1. The number of aliphatic hydroxyl groups excluding tert-OH is 1. The second kappa shape index (κ2) is 6.47. The van der Waals surface area contributed by atoms with Crippen molar-refractivity contribution >= 4 is 0 Å². The van der Waals surface area contributed by atoms with Gasteiger partial charge in [-0.15, -0.1) is 0 Å². The number of fused-ring (bicyclic) bond motifs is 1. The van der Waals surface area contributed by atoms with Crippen molar-refractivity contribution in [3.05, 3.63) is 35.4 Å². The average Bonchev–Trinajstić information content (AvgIpc) is 2.83. The van der Waals surface area contributed by atoms with E-state index in [4.69, 9.17) is 0 Å². The van der Waals surface area contributed by atoms with Gasteiger partial charge in [-0.05, 0) is 36.4 Å². The maximum Gasteiger partial charge on any atom is 0.0951 e. The van der Waals surface area contributed by atoms with Gasteiger partial charge in [0.15, 0.2) is 0 Å². The van der Waals surface area contributed by atoms with Crippen LogP contribution in [0, 0.1) is 5.92 Å². The van der Waals surface area contributed by atoms with Gasteiger partial charge in [-0.25, -0.2) is 0 Å². The fourth-order valence-electron chi connectivity index (χ4n) is 3.64. The molecule has 3 heteroatoms. The molecule has 1 heterocycles. The van der Waals surface area contributed by atoms with Gasteiger partial charge in [0.05, 0.1) is 6.10 Å². The van der Waals surface area contributed by atoms with Crippen molar-refractivity contribution in [1.29, 1.82) is 0 Å². The molecule has 2 atom stereocenters. The molecule has 1 saturated heterocycles. The summed E-state index contributed by atoms with van der Waals surface area (Å²) >= 11 is 0. The lowest BCUT2D eigenvalue weighted by Gasteiger charge is -2.39. The number of aliphatic hydroxyl groups is 1. The Kier molecular flexibility index (Phi) is 4.63. The monoisotopic (exact) mass is 288 g/mol. The Labute approximate surface area is 128 Å². The van der Waals surface area contributed by atoms with E-state index in [9.17, 15) is 5.11 Å². The largest absolute Gasteiger partial charge is 0.387 e. The minimum atomic E-state index is -0.302.